The summed E-state index contributed by atoms with van der Waals surface area (Å²) in [5, 5.41) is 0. The fourth-order valence-corrected chi connectivity index (χ4v) is 1.84. The van der Waals surface area contributed by atoms with Crippen LogP contribution in [0.5, 0.6) is 0 Å². The molecule has 6 heteroatoms. The van der Waals surface area contributed by atoms with Crippen LogP contribution in [0.3, 0.4) is 0 Å². The van der Waals surface area contributed by atoms with E-state index in [1.807, 2.05) is 0 Å². The molecule has 2 N–H and O–H groups in total. The second kappa shape index (κ2) is 6.70. The molecule has 16 heavy (non-hydrogen) atoms. The van der Waals surface area contributed by atoms with Crippen LogP contribution in [-0.2, 0) is 14.3 Å². The number of nitrogens with zero attached hydrogens (tertiary/aromatic N) is 1. The van der Waals surface area contributed by atoms with Crippen LogP contribution >= 0.6 is 12.4 Å². The summed E-state index contributed by atoms with van der Waals surface area (Å²) in [6.07, 6.45) is 2.54. The maximum absolute atomic E-state index is 11.7. The van der Waals surface area contributed by atoms with Crippen LogP contribution in [0, 0.1) is 0 Å². The molecule has 1 aliphatic heterocycles. The molecular weight excluding hydrogens is 232 g/mol. The zero-order valence-electron chi connectivity index (χ0n) is 9.64. The summed E-state index contributed by atoms with van der Waals surface area (Å²) in [5.74, 6) is -0.520. The molecule has 0 saturated carbocycles. The normalized spacial score (nSPS) is 21.9. The molecule has 94 valence electrons. The summed E-state index contributed by atoms with van der Waals surface area (Å²) in [6, 6.07) is -1.00. The van der Waals surface area contributed by atoms with Gasteiger partial charge in [0.2, 0.25) is 5.91 Å². The lowest BCUT2D eigenvalue weighted by Gasteiger charge is -2.34. The van der Waals surface area contributed by atoms with Crippen molar-refractivity contribution in [3.63, 3.8) is 0 Å². The third-order valence-electron chi connectivity index (χ3n) is 2.65. The van der Waals surface area contributed by atoms with Gasteiger partial charge in [0.25, 0.3) is 0 Å². The largest absolute Gasteiger partial charge is 0.467 e. The first-order chi connectivity index (χ1) is 7.07. The first-order valence-corrected chi connectivity index (χ1v) is 5.21. The Balaban J connectivity index is 0.00000225. The molecule has 2 unspecified atom stereocenters. The van der Waals surface area contributed by atoms with E-state index in [9.17, 15) is 9.59 Å². The molecule has 0 bridgehead atoms. The number of halogens is 1. The molecule has 1 aliphatic rings. The molecule has 0 aromatic carbocycles. The van der Waals surface area contributed by atoms with Crippen LogP contribution in [0.15, 0.2) is 0 Å². The SMILES string of the molecule is COC(=O)C1CCCCN1C(=O)C(C)N.Cl. The zero-order valence-corrected chi connectivity index (χ0v) is 10.5. The molecule has 1 rings (SSSR count). The zero-order chi connectivity index (χ0) is 11.4. The number of piperidine rings is 1. The Morgan fingerprint density at radius 3 is 2.56 bits per heavy atom. The molecule has 1 fully saturated rings. The van der Waals surface area contributed by atoms with Crippen molar-refractivity contribution in [3.8, 4) is 0 Å². The van der Waals surface area contributed by atoms with Crippen molar-refractivity contribution in [2.75, 3.05) is 13.7 Å². The summed E-state index contributed by atoms with van der Waals surface area (Å²) in [7, 11) is 1.34. The second-order valence-corrected chi connectivity index (χ2v) is 3.86. The molecule has 0 aliphatic carbocycles. The minimum absolute atomic E-state index is 0. The van der Waals surface area contributed by atoms with E-state index in [1.54, 1.807) is 11.8 Å². The van der Waals surface area contributed by atoms with Crippen molar-refractivity contribution in [1.82, 2.24) is 4.90 Å². The first-order valence-electron chi connectivity index (χ1n) is 5.21. The van der Waals surface area contributed by atoms with Gasteiger partial charge in [-0.2, -0.15) is 0 Å². The number of ether oxygens (including phenoxy) is 1. The number of likely N-dealkylation sites (tertiary alicyclic amines) is 1. The van der Waals surface area contributed by atoms with Crippen LogP contribution in [-0.4, -0.2) is 42.5 Å². The molecule has 5 nitrogen and oxygen atoms in total. The highest BCUT2D eigenvalue weighted by Gasteiger charge is 2.33. The number of nitrogens with two attached hydrogens (primary N) is 1. The third kappa shape index (κ3) is 3.35. The van der Waals surface area contributed by atoms with Gasteiger partial charge in [-0.1, -0.05) is 0 Å². The smallest absolute Gasteiger partial charge is 0.328 e. The standard InChI is InChI=1S/C10H18N2O3.ClH/c1-7(11)9(13)12-6-4-3-5-8(12)10(14)15-2;/h7-8H,3-6,11H2,1-2H3;1H. The van der Waals surface area contributed by atoms with E-state index in [0.717, 1.165) is 12.8 Å². The molecular formula is C10H19ClN2O3. The lowest BCUT2D eigenvalue weighted by atomic mass is 10.0. The van der Waals surface area contributed by atoms with Gasteiger partial charge in [-0.3, -0.25) is 4.79 Å². The van der Waals surface area contributed by atoms with Gasteiger partial charge in [0.15, 0.2) is 0 Å². The Kier molecular flexibility index (Phi) is 6.36. The molecule has 1 saturated heterocycles. The Labute approximate surface area is 102 Å². The Hall–Kier alpha value is -0.810. The second-order valence-electron chi connectivity index (χ2n) is 3.86. The van der Waals surface area contributed by atoms with E-state index in [2.05, 4.69) is 4.74 Å². The molecule has 0 radical (unpaired) electrons. The Bertz CT molecular complexity index is 258. The number of amides is 1. The lowest BCUT2D eigenvalue weighted by molar-refractivity contribution is -0.155. The maximum Gasteiger partial charge on any atom is 0.328 e. The highest BCUT2D eigenvalue weighted by atomic mass is 35.5. The fraction of sp³-hybridized carbons (Fsp3) is 0.800. The highest BCUT2D eigenvalue weighted by Crippen LogP contribution is 2.18. The van der Waals surface area contributed by atoms with Gasteiger partial charge in [0.05, 0.1) is 13.2 Å². The lowest BCUT2D eigenvalue weighted by Crippen LogP contribution is -2.53. The van der Waals surface area contributed by atoms with E-state index in [0.29, 0.717) is 13.0 Å². The van der Waals surface area contributed by atoms with Crippen LogP contribution in [0.4, 0.5) is 0 Å². The first kappa shape index (κ1) is 15.2. The van der Waals surface area contributed by atoms with Crippen molar-refractivity contribution < 1.29 is 14.3 Å². The van der Waals surface area contributed by atoms with Gasteiger partial charge in [0, 0.05) is 6.54 Å². The average Bonchev–Trinajstić information content (AvgIpc) is 2.27. The molecule has 1 heterocycles. The van der Waals surface area contributed by atoms with Crippen molar-refractivity contribution in [2.45, 2.75) is 38.3 Å². The summed E-state index contributed by atoms with van der Waals surface area (Å²) in [4.78, 5) is 24.7. The maximum atomic E-state index is 11.7. The predicted molar refractivity (Wildman–Crippen MR) is 62.3 cm³/mol. The quantitative estimate of drug-likeness (QED) is 0.716. The number of carbonyl (C=O) groups excluding carboxylic acids is 2. The van der Waals surface area contributed by atoms with Crippen molar-refractivity contribution in [2.24, 2.45) is 5.73 Å². The molecule has 0 spiro atoms. The van der Waals surface area contributed by atoms with Crippen molar-refractivity contribution in [1.29, 1.82) is 0 Å². The van der Waals surface area contributed by atoms with Gasteiger partial charge in [-0.25, -0.2) is 4.79 Å². The van der Waals surface area contributed by atoms with Gasteiger partial charge >= 0.3 is 5.97 Å². The van der Waals surface area contributed by atoms with Gasteiger partial charge in [0.1, 0.15) is 6.04 Å². The van der Waals surface area contributed by atoms with Crippen LogP contribution in [0.1, 0.15) is 26.2 Å². The molecule has 2 atom stereocenters. The van der Waals surface area contributed by atoms with E-state index in [1.165, 1.54) is 7.11 Å². The number of methoxy groups -OCH3 is 1. The number of carbonyl (C=O) groups is 2. The minimum atomic E-state index is -0.560. The summed E-state index contributed by atoms with van der Waals surface area (Å²) in [5.41, 5.74) is 5.53. The van der Waals surface area contributed by atoms with E-state index < -0.39 is 12.1 Å². The third-order valence-corrected chi connectivity index (χ3v) is 2.65. The highest BCUT2D eigenvalue weighted by molar-refractivity contribution is 5.87. The molecule has 1 amide bonds. The Morgan fingerprint density at radius 1 is 1.44 bits per heavy atom. The van der Waals surface area contributed by atoms with Gasteiger partial charge in [-0.05, 0) is 26.2 Å². The monoisotopic (exact) mass is 250 g/mol. The minimum Gasteiger partial charge on any atom is -0.467 e. The molecule has 0 aromatic heterocycles. The average molecular weight is 251 g/mol. The summed E-state index contributed by atoms with van der Waals surface area (Å²) >= 11 is 0. The van der Waals surface area contributed by atoms with Crippen LogP contribution in [0.2, 0.25) is 0 Å². The number of esters is 1. The topological polar surface area (TPSA) is 72.6 Å². The van der Waals surface area contributed by atoms with Crippen molar-refractivity contribution >= 4 is 24.3 Å². The van der Waals surface area contributed by atoms with Gasteiger partial charge < -0.3 is 15.4 Å². The van der Waals surface area contributed by atoms with Crippen LogP contribution < -0.4 is 5.73 Å². The molecule has 0 aromatic rings. The van der Waals surface area contributed by atoms with E-state index in [4.69, 9.17) is 5.73 Å². The number of hydrogen-bond donors (Lipinski definition) is 1. The summed E-state index contributed by atoms with van der Waals surface area (Å²) in [6.45, 7) is 2.23. The van der Waals surface area contributed by atoms with E-state index in [-0.39, 0.29) is 24.3 Å². The fourth-order valence-electron chi connectivity index (χ4n) is 1.84. The van der Waals surface area contributed by atoms with E-state index >= 15 is 0 Å². The van der Waals surface area contributed by atoms with Crippen LogP contribution in [0.25, 0.3) is 0 Å². The van der Waals surface area contributed by atoms with Gasteiger partial charge in [-0.15, -0.1) is 12.4 Å². The number of hydrogen-bond acceptors (Lipinski definition) is 4. The Morgan fingerprint density at radius 2 is 2.06 bits per heavy atom. The predicted octanol–water partition coefficient (Wildman–Crippen LogP) is 0.309. The summed E-state index contributed by atoms with van der Waals surface area (Å²) < 4.78 is 4.68. The van der Waals surface area contributed by atoms with Crippen molar-refractivity contribution in [3.05, 3.63) is 0 Å². The number of rotatable bonds is 2.